The number of phenols is 2. The van der Waals surface area contributed by atoms with Crippen molar-refractivity contribution >= 4 is 11.9 Å². The molecule has 0 heterocycles. The number of aliphatic carboxylic acids is 2. The minimum absolute atomic E-state index is 0.000204. The van der Waals surface area contributed by atoms with Gasteiger partial charge in [-0.25, -0.2) is 0 Å². The van der Waals surface area contributed by atoms with Gasteiger partial charge in [0.15, 0.2) is 0 Å². The van der Waals surface area contributed by atoms with E-state index in [2.05, 4.69) is 27.7 Å². The monoisotopic (exact) mass is 456 g/mol. The third-order valence-corrected chi connectivity index (χ3v) is 5.55. The van der Waals surface area contributed by atoms with Crippen molar-refractivity contribution in [2.24, 2.45) is 11.8 Å². The van der Waals surface area contributed by atoms with Crippen molar-refractivity contribution in [2.75, 3.05) is 0 Å². The van der Waals surface area contributed by atoms with Crippen LogP contribution < -0.4 is 0 Å². The van der Waals surface area contributed by atoms with Gasteiger partial charge in [0, 0.05) is 19.3 Å². The predicted molar refractivity (Wildman–Crippen MR) is 128 cm³/mol. The van der Waals surface area contributed by atoms with E-state index >= 15 is 0 Å². The molecule has 0 amide bonds. The van der Waals surface area contributed by atoms with Gasteiger partial charge in [0.2, 0.25) is 0 Å². The van der Waals surface area contributed by atoms with Crippen molar-refractivity contribution in [1.82, 2.24) is 0 Å². The first-order valence-corrected chi connectivity index (χ1v) is 11.6. The molecule has 6 heteroatoms. The molecular weight excluding hydrogens is 420 g/mol. The highest BCUT2D eigenvalue weighted by Gasteiger charge is 2.17. The van der Waals surface area contributed by atoms with Crippen LogP contribution in [-0.4, -0.2) is 32.4 Å². The van der Waals surface area contributed by atoms with Gasteiger partial charge in [0.25, 0.3) is 0 Å². The van der Waals surface area contributed by atoms with E-state index in [4.69, 9.17) is 10.2 Å². The Morgan fingerprint density at radius 1 is 0.667 bits per heavy atom. The van der Waals surface area contributed by atoms with Crippen LogP contribution in [0.2, 0.25) is 0 Å². The van der Waals surface area contributed by atoms with Gasteiger partial charge < -0.3 is 20.4 Å². The van der Waals surface area contributed by atoms with Gasteiger partial charge in [-0.3, -0.25) is 9.59 Å². The summed E-state index contributed by atoms with van der Waals surface area (Å²) in [6, 6.07) is 7.37. The molecule has 2 aromatic rings. The van der Waals surface area contributed by atoms with Gasteiger partial charge in [0.1, 0.15) is 11.5 Å². The first-order chi connectivity index (χ1) is 15.5. The molecule has 0 bridgehead atoms. The van der Waals surface area contributed by atoms with E-state index in [0.29, 0.717) is 48.6 Å². The lowest BCUT2D eigenvalue weighted by atomic mass is 9.90. The number of carboxylic acids is 2. The highest BCUT2D eigenvalue weighted by molar-refractivity contribution is 5.67. The minimum Gasteiger partial charge on any atom is -0.507 e. The van der Waals surface area contributed by atoms with E-state index in [0.717, 1.165) is 22.3 Å². The van der Waals surface area contributed by atoms with Gasteiger partial charge in [-0.1, -0.05) is 52.0 Å². The summed E-state index contributed by atoms with van der Waals surface area (Å²) in [6.45, 7) is 8.22. The smallest absolute Gasteiger partial charge is 0.303 e. The second kappa shape index (κ2) is 11.7. The first-order valence-electron chi connectivity index (χ1n) is 11.6. The Kier molecular flexibility index (Phi) is 9.32. The lowest BCUT2D eigenvalue weighted by Gasteiger charge is -2.18. The summed E-state index contributed by atoms with van der Waals surface area (Å²) >= 11 is 0. The Bertz CT molecular complexity index is 911. The molecule has 0 saturated heterocycles. The van der Waals surface area contributed by atoms with E-state index in [1.807, 2.05) is 24.3 Å². The number of carboxylic acid groups (broad SMARTS) is 2. The zero-order valence-electron chi connectivity index (χ0n) is 20.0. The standard InChI is InChI=1S/C27H36O6/c1-16(2)9-20-11-18(5-7-24(28)29)13-22(26(20)32)15-23-14-19(6-8-25(30)31)12-21(27(23)33)10-17(3)4/h11-14,16-17,32-33H,5-10,15H2,1-4H3,(H,28,29)(H,30,31). The predicted octanol–water partition coefficient (Wildman–Crippen LogP) is 5.12. The highest BCUT2D eigenvalue weighted by Crippen LogP contribution is 2.34. The molecule has 2 aromatic carbocycles. The van der Waals surface area contributed by atoms with Gasteiger partial charge in [-0.15, -0.1) is 0 Å². The molecule has 0 aliphatic heterocycles. The van der Waals surface area contributed by atoms with Crippen LogP contribution in [-0.2, 0) is 41.7 Å². The van der Waals surface area contributed by atoms with Gasteiger partial charge in [-0.05, 0) is 70.9 Å². The van der Waals surface area contributed by atoms with Crippen molar-refractivity contribution in [3.05, 3.63) is 57.6 Å². The van der Waals surface area contributed by atoms with E-state index in [1.54, 1.807) is 0 Å². The second-order valence-corrected chi connectivity index (χ2v) is 9.69. The summed E-state index contributed by atoms with van der Waals surface area (Å²) in [5.41, 5.74) is 4.48. The normalized spacial score (nSPS) is 11.3. The van der Waals surface area contributed by atoms with Crippen molar-refractivity contribution in [1.29, 1.82) is 0 Å². The molecule has 2 rings (SSSR count). The van der Waals surface area contributed by atoms with Gasteiger partial charge >= 0.3 is 11.9 Å². The molecule has 0 unspecified atom stereocenters. The van der Waals surface area contributed by atoms with Crippen LogP contribution in [0, 0.1) is 11.8 Å². The Balaban J connectivity index is 2.51. The van der Waals surface area contributed by atoms with Crippen LogP contribution >= 0.6 is 0 Å². The summed E-state index contributed by atoms with van der Waals surface area (Å²) in [7, 11) is 0. The molecule has 6 nitrogen and oxygen atoms in total. The third-order valence-electron chi connectivity index (χ3n) is 5.55. The van der Waals surface area contributed by atoms with Crippen LogP contribution in [0.1, 0.15) is 73.9 Å². The Morgan fingerprint density at radius 3 is 1.30 bits per heavy atom. The molecule has 0 atom stereocenters. The van der Waals surface area contributed by atoms with E-state index in [9.17, 15) is 19.8 Å². The lowest BCUT2D eigenvalue weighted by molar-refractivity contribution is -0.138. The summed E-state index contributed by atoms with van der Waals surface area (Å²) in [5.74, 6) is -0.797. The Hall–Kier alpha value is -3.02. The third kappa shape index (κ3) is 8.12. The fourth-order valence-electron chi connectivity index (χ4n) is 4.12. The van der Waals surface area contributed by atoms with Gasteiger partial charge in [-0.2, -0.15) is 0 Å². The van der Waals surface area contributed by atoms with Crippen molar-refractivity contribution in [3.8, 4) is 11.5 Å². The second-order valence-electron chi connectivity index (χ2n) is 9.69. The molecular formula is C27H36O6. The highest BCUT2D eigenvalue weighted by atomic mass is 16.4. The van der Waals surface area contributed by atoms with Crippen molar-refractivity contribution in [2.45, 2.75) is 72.6 Å². The molecule has 0 fully saturated rings. The lowest BCUT2D eigenvalue weighted by Crippen LogP contribution is -2.05. The number of phenolic OH excluding ortho intramolecular Hbond substituents is 2. The Labute approximate surface area is 195 Å². The van der Waals surface area contributed by atoms with E-state index < -0.39 is 11.9 Å². The molecule has 33 heavy (non-hydrogen) atoms. The average molecular weight is 457 g/mol. The number of benzene rings is 2. The number of hydrogen-bond acceptors (Lipinski definition) is 4. The summed E-state index contributed by atoms with van der Waals surface area (Å²) in [5, 5.41) is 40.1. The number of aryl methyl sites for hydroxylation is 2. The maximum absolute atomic E-state index is 11.1. The molecule has 0 saturated carbocycles. The minimum atomic E-state index is -0.878. The zero-order chi connectivity index (χ0) is 24.7. The molecule has 4 N–H and O–H groups in total. The molecule has 180 valence electrons. The Morgan fingerprint density at radius 2 is 1.00 bits per heavy atom. The number of hydrogen-bond donors (Lipinski definition) is 4. The summed E-state index contributed by atoms with van der Waals surface area (Å²) in [4.78, 5) is 22.1. The number of carbonyl (C=O) groups is 2. The summed E-state index contributed by atoms with van der Waals surface area (Å²) in [6.07, 6.45) is 2.30. The molecule has 0 aliphatic carbocycles. The fourth-order valence-corrected chi connectivity index (χ4v) is 4.12. The number of rotatable bonds is 12. The largest absolute Gasteiger partial charge is 0.507 e. The van der Waals surface area contributed by atoms with Crippen LogP contribution in [0.4, 0.5) is 0 Å². The first kappa shape index (κ1) is 26.2. The molecule has 0 aliphatic rings. The van der Waals surface area contributed by atoms with E-state index in [1.165, 1.54) is 0 Å². The molecule has 0 aromatic heterocycles. The SMILES string of the molecule is CC(C)Cc1cc(CCC(=O)O)cc(Cc2cc(CCC(=O)O)cc(CC(C)C)c2O)c1O. The van der Waals surface area contributed by atoms with Crippen LogP contribution in [0.25, 0.3) is 0 Å². The number of aromatic hydroxyl groups is 2. The van der Waals surface area contributed by atoms with Crippen LogP contribution in [0.5, 0.6) is 11.5 Å². The maximum atomic E-state index is 11.1. The quantitative estimate of drug-likeness (QED) is 0.352. The molecule has 0 radical (unpaired) electrons. The topological polar surface area (TPSA) is 115 Å². The fraction of sp³-hybridized carbons (Fsp3) is 0.481. The average Bonchev–Trinajstić information content (AvgIpc) is 2.70. The maximum Gasteiger partial charge on any atom is 0.303 e. The van der Waals surface area contributed by atoms with Crippen LogP contribution in [0.15, 0.2) is 24.3 Å². The zero-order valence-corrected chi connectivity index (χ0v) is 20.0. The van der Waals surface area contributed by atoms with Crippen molar-refractivity contribution < 1.29 is 30.0 Å². The van der Waals surface area contributed by atoms with Gasteiger partial charge in [0.05, 0.1) is 0 Å². The van der Waals surface area contributed by atoms with Crippen molar-refractivity contribution in [3.63, 3.8) is 0 Å². The molecule has 0 spiro atoms. The summed E-state index contributed by atoms with van der Waals surface area (Å²) < 4.78 is 0. The van der Waals surface area contributed by atoms with Crippen LogP contribution in [0.3, 0.4) is 0 Å². The van der Waals surface area contributed by atoms with E-state index in [-0.39, 0.29) is 30.8 Å².